The van der Waals surface area contributed by atoms with Crippen LogP contribution in [-0.2, 0) is 16.0 Å². The maximum atomic E-state index is 12.1. The number of ether oxygens (including phenoxy) is 1. The van der Waals surface area contributed by atoms with Crippen LogP contribution in [0.5, 0.6) is 5.75 Å². The van der Waals surface area contributed by atoms with Crippen molar-refractivity contribution >= 4 is 11.8 Å². The van der Waals surface area contributed by atoms with Crippen LogP contribution in [0.25, 0.3) is 0 Å². The molecule has 140 valence electrons. The first-order valence-corrected chi connectivity index (χ1v) is 8.04. The Morgan fingerprint density at radius 3 is 2.28 bits per heavy atom. The number of hydrogen-bond donors (Lipinski definition) is 2. The summed E-state index contributed by atoms with van der Waals surface area (Å²) in [7, 11) is 1.70. The van der Waals surface area contributed by atoms with E-state index in [-0.39, 0.29) is 36.7 Å². The lowest BCUT2D eigenvalue weighted by molar-refractivity contribution is -0.124. The van der Waals surface area contributed by atoms with Gasteiger partial charge in [0.25, 0.3) is 0 Å². The van der Waals surface area contributed by atoms with Gasteiger partial charge in [-0.2, -0.15) is 8.78 Å². The Balaban J connectivity index is 2.26. The van der Waals surface area contributed by atoms with Crippen molar-refractivity contribution in [1.29, 1.82) is 0 Å². The first-order valence-electron chi connectivity index (χ1n) is 8.04. The first kappa shape index (κ1) is 20.8. The minimum atomic E-state index is -2.84. The number of nitrogens with zero attached hydrogens (tertiary/aromatic N) is 1. The Morgan fingerprint density at radius 1 is 1.12 bits per heavy atom. The van der Waals surface area contributed by atoms with Gasteiger partial charge < -0.3 is 15.4 Å². The zero-order valence-electron chi connectivity index (χ0n) is 14.7. The smallest absolute Gasteiger partial charge is 0.387 e. The van der Waals surface area contributed by atoms with Crippen LogP contribution < -0.4 is 15.4 Å². The van der Waals surface area contributed by atoms with Gasteiger partial charge >= 0.3 is 6.61 Å². The Labute approximate surface area is 146 Å². The lowest BCUT2D eigenvalue weighted by Crippen LogP contribution is -2.42. The number of hydrogen-bond acceptors (Lipinski definition) is 4. The molecule has 0 unspecified atom stereocenters. The normalized spacial score (nSPS) is 11.0. The highest BCUT2D eigenvalue weighted by molar-refractivity contribution is 5.81. The molecule has 0 saturated carbocycles. The zero-order chi connectivity index (χ0) is 18.8. The van der Waals surface area contributed by atoms with Gasteiger partial charge in [-0.3, -0.25) is 14.5 Å². The quantitative estimate of drug-likeness (QED) is 0.664. The molecule has 0 aromatic heterocycles. The van der Waals surface area contributed by atoms with Crippen LogP contribution in [0.2, 0.25) is 0 Å². The molecule has 6 nitrogen and oxygen atoms in total. The number of halogens is 2. The number of benzene rings is 1. The standard InChI is InChI=1S/C17H25F2N3O3/c1-12(2)21-16(24)11-22(3)10-15(23)20-9-8-13-4-6-14(7-5-13)25-17(18)19/h4-7,12,17H,8-11H2,1-3H3,(H,20,23)(H,21,24). The summed E-state index contributed by atoms with van der Waals surface area (Å²) < 4.78 is 28.4. The molecule has 0 aliphatic heterocycles. The second-order valence-corrected chi connectivity index (χ2v) is 6.02. The van der Waals surface area contributed by atoms with E-state index in [0.29, 0.717) is 13.0 Å². The predicted octanol–water partition coefficient (Wildman–Crippen LogP) is 1.40. The first-order chi connectivity index (χ1) is 11.8. The van der Waals surface area contributed by atoms with E-state index in [0.717, 1.165) is 5.56 Å². The number of likely N-dealkylation sites (N-methyl/N-ethyl adjacent to an activating group) is 1. The molecular formula is C17H25F2N3O3. The van der Waals surface area contributed by atoms with E-state index in [2.05, 4.69) is 15.4 Å². The highest BCUT2D eigenvalue weighted by atomic mass is 19.3. The van der Waals surface area contributed by atoms with Crippen LogP contribution in [0, 0.1) is 0 Å². The van der Waals surface area contributed by atoms with Gasteiger partial charge in [-0.05, 0) is 45.0 Å². The minimum Gasteiger partial charge on any atom is -0.435 e. The van der Waals surface area contributed by atoms with Gasteiger partial charge in [-0.15, -0.1) is 0 Å². The molecule has 0 aliphatic rings. The number of carbonyl (C=O) groups excluding carboxylic acids is 2. The van der Waals surface area contributed by atoms with E-state index >= 15 is 0 Å². The average molecular weight is 357 g/mol. The van der Waals surface area contributed by atoms with Crippen molar-refractivity contribution in [2.24, 2.45) is 0 Å². The third-order valence-electron chi connectivity index (χ3n) is 3.16. The van der Waals surface area contributed by atoms with Gasteiger partial charge in [0.15, 0.2) is 0 Å². The van der Waals surface area contributed by atoms with E-state index in [1.54, 1.807) is 24.1 Å². The number of nitrogens with one attached hydrogen (secondary N) is 2. The van der Waals surface area contributed by atoms with Crippen LogP contribution in [0.1, 0.15) is 19.4 Å². The van der Waals surface area contributed by atoms with E-state index in [1.165, 1.54) is 12.1 Å². The molecule has 0 aliphatic carbocycles. The summed E-state index contributed by atoms with van der Waals surface area (Å²) >= 11 is 0. The van der Waals surface area contributed by atoms with Crippen molar-refractivity contribution < 1.29 is 23.1 Å². The van der Waals surface area contributed by atoms with E-state index in [1.807, 2.05) is 13.8 Å². The summed E-state index contributed by atoms with van der Waals surface area (Å²) in [6.07, 6.45) is 0.568. The Bertz CT molecular complexity index is 551. The molecule has 1 aromatic rings. The molecule has 0 saturated heterocycles. The Hall–Kier alpha value is -2.22. The van der Waals surface area contributed by atoms with Crippen LogP contribution in [0.3, 0.4) is 0 Å². The van der Waals surface area contributed by atoms with Crippen molar-refractivity contribution in [2.45, 2.75) is 32.9 Å². The molecule has 0 fully saturated rings. The van der Waals surface area contributed by atoms with Crippen molar-refractivity contribution in [3.63, 3.8) is 0 Å². The second kappa shape index (κ2) is 10.6. The van der Waals surface area contributed by atoms with Gasteiger partial charge in [0.05, 0.1) is 13.1 Å². The maximum absolute atomic E-state index is 12.1. The second-order valence-electron chi connectivity index (χ2n) is 6.02. The van der Waals surface area contributed by atoms with Crippen LogP contribution >= 0.6 is 0 Å². The van der Waals surface area contributed by atoms with Crippen LogP contribution in [-0.4, -0.2) is 56.0 Å². The molecule has 2 amide bonds. The van der Waals surface area contributed by atoms with E-state index in [4.69, 9.17) is 0 Å². The summed E-state index contributed by atoms with van der Waals surface area (Å²) in [5, 5.41) is 5.52. The monoisotopic (exact) mass is 357 g/mol. The summed E-state index contributed by atoms with van der Waals surface area (Å²) in [6, 6.07) is 6.33. The summed E-state index contributed by atoms with van der Waals surface area (Å²) in [5.41, 5.74) is 0.895. The van der Waals surface area contributed by atoms with Crippen LogP contribution in [0.4, 0.5) is 8.78 Å². The fourth-order valence-corrected chi connectivity index (χ4v) is 2.15. The van der Waals surface area contributed by atoms with Crippen molar-refractivity contribution in [2.75, 3.05) is 26.7 Å². The molecule has 0 spiro atoms. The lowest BCUT2D eigenvalue weighted by atomic mass is 10.1. The van der Waals surface area contributed by atoms with Gasteiger partial charge in [0, 0.05) is 12.6 Å². The average Bonchev–Trinajstić information content (AvgIpc) is 2.47. The van der Waals surface area contributed by atoms with Crippen LogP contribution in [0.15, 0.2) is 24.3 Å². The third-order valence-corrected chi connectivity index (χ3v) is 3.16. The molecule has 0 atom stereocenters. The molecule has 8 heteroatoms. The Kier molecular flexibility index (Phi) is 8.83. The van der Waals surface area contributed by atoms with Gasteiger partial charge in [-0.1, -0.05) is 12.1 Å². The van der Waals surface area contributed by atoms with E-state index in [9.17, 15) is 18.4 Å². The lowest BCUT2D eigenvalue weighted by Gasteiger charge is -2.17. The minimum absolute atomic E-state index is 0.0622. The van der Waals surface area contributed by atoms with E-state index < -0.39 is 6.61 Å². The molecule has 2 N–H and O–H groups in total. The highest BCUT2D eigenvalue weighted by Crippen LogP contribution is 2.14. The molecule has 1 rings (SSSR count). The predicted molar refractivity (Wildman–Crippen MR) is 90.6 cm³/mol. The van der Waals surface area contributed by atoms with Crippen molar-refractivity contribution in [3.8, 4) is 5.75 Å². The number of alkyl halides is 2. The fourth-order valence-electron chi connectivity index (χ4n) is 2.15. The maximum Gasteiger partial charge on any atom is 0.387 e. The largest absolute Gasteiger partial charge is 0.435 e. The number of amides is 2. The van der Waals surface area contributed by atoms with Crippen molar-refractivity contribution in [3.05, 3.63) is 29.8 Å². The third kappa shape index (κ3) is 9.61. The summed E-state index contributed by atoms with van der Waals surface area (Å²) in [5.74, 6) is -0.210. The molecule has 0 radical (unpaired) electrons. The van der Waals surface area contributed by atoms with Gasteiger partial charge in [-0.25, -0.2) is 0 Å². The SMILES string of the molecule is CC(C)NC(=O)CN(C)CC(=O)NCCc1ccc(OC(F)F)cc1. The number of rotatable bonds is 10. The van der Waals surface area contributed by atoms with Gasteiger partial charge in [0.1, 0.15) is 5.75 Å². The molecule has 1 aromatic carbocycles. The molecule has 25 heavy (non-hydrogen) atoms. The topological polar surface area (TPSA) is 70.7 Å². The molecule has 0 bridgehead atoms. The molecular weight excluding hydrogens is 332 g/mol. The fraction of sp³-hybridized carbons (Fsp3) is 0.529. The number of carbonyl (C=O) groups is 2. The summed E-state index contributed by atoms with van der Waals surface area (Å²) in [6.45, 7) is 1.59. The summed E-state index contributed by atoms with van der Waals surface area (Å²) in [4.78, 5) is 25.1. The zero-order valence-corrected chi connectivity index (χ0v) is 14.7. The highest BCUT2D eigenvalue weighted by Gasteiger charge is 2.11. The molecule has 0 heterocycles. The van der Waals surface area contributed by atoms with Gasteiger partial charge in [0.2, 0.25) is 11.8 Å². The Morgan fingerprint density at radius 2 is 1.72 bits per heavy atom. The van der Waals surface area contributed by atoms with Crippen molar-refractivity contribution in [1.82, 2.24) is 15.5 Å².